The second-order valence-electron chi connectivity index (χ2n) is 4.56. The van der Waals surface area contributed by atoms with Gasteiger partial charge in [0.2, 0.25) is 5.91 Å². The third-order valence-corrected chi connectivity index (χ3v) is 3.04. The number of rotatable bonds is 3. The molecule has 1 atom stereocenters. The molecule has 0 unspecified atom stereocenters. The Morgan fingerprint density at radius 2 is 2.35 bits per heavy atom. The van der Waals surface area contributed by atoms with E-state index in [0.717, 1.165) is 12.3 Å². The Morgan fingerprint density at radius 3 is 3.05 bits per heavy atom. The first-order valence-electron chi connectivity index (χ1n) is 6.32. The molecule has 0 aromatic carbocycles. The van der Waals surface area contributed by atoms with Crippen molar-refractivity contribution in [2.45, 2.75) is 13.0 Å². The molecule has 2 heterocycles. The molecular weight excluding hydrogens is 265 g/mol. The highest BCUT2D eigenvalue weighted by Crippen LogP contribution is 2.05. The number of hydrogen-bond acceptors (Lipinski definition) is 4. The zero-order valence-corrected chi connectivity index (χ0v) is 11.1. The Bertz CT molecular complexity index is 509. The Balaban J connectivity index is 1.85. The number of halogens is 1. The number of nitrogens with zero attached hydrogens (tertiary/aromatic N) is 2. The third kappa shape index (κ3) is 3.74. The van der Waals surface area contributed by atoms with Crippen molar-refractivity contribution in [3.05, 3.63) is 29.8 Å². The number of pyridine rings is 1. The van der Waals surface area contributed by atoms with Crippen molar-refractivity contribution in [2.75, 3.05) is 26.2 Å². The minimum atomic E-state index is -0.561. The third-order valence-electron chi connectivity index (χ3n) is 3.04. The molecule has 0 aliphatic carbocycles. The summed E-state index contributed by atoms with van der Waals surface area (Å²) in [5.74, 6) is -0.992. The summed E-state index contributed by atoms with van der Waals surface area (Å²) in [5, 5.41) is 2.65. The van der Waals surface area contributed by atoms with Gasteiger partial charge in [0, 0.05) is 32.8 Å². The minimum Gasteiger partial charge on any atom is -0.373 e. The number of amides is 2. The van der Waals surface area contributed by atoms with Crippen LogP contribution in [0.5, 0.6) is 0 Å². The van der Waals surface area contributed by atoms with Crippen LogP contribution in [-0.2, 0) is 9.53 Å². The average molecular weight is 281 g/mol. The van der Waals surface area contributed by atoms with Crippen molar-refractivity contribution in [1.82, 2.24) is 15.2 Å². The molecule has 1 aliphatic rings. The van der Waals surface area contributed by atoms with E-state index in [1.54, 1.807) is 4.90 Å². The average Bonchev–Trinajstić information content (AvgIpc) is 2.45. The fourth-order valence-corrected chi connectivity index (χ4v) is 1.97. The second-order valence-corrected chi connectivity index (χ2v) is 4.56. The molecule has 0 spiro atoms. The predicted molar refractivity (Wildman–Crippen MR) is 68.5 cm³/mol. The number of ether oxygens (including phenoxy) is 1. The van der Waals surface area contributed by atoms with Crippen LogP contribution in [0, 0.1) is 5.82 Å². The fraction of sp³-hybridized carbons (Fsp3) is 0.462. The maximum atomic E-state index is 13.0. The van der Waals surface area contributed by atoms with E-state index in [2.05, 4.69) is 10.3 Å². The topological polar surface area (TPSA) is 71.5 Å². The molecule has 1 N–H and O–H groups in total. The lowest BCUT2D eigenvalue weighted by molar-refractivity contribution is -0.136. The van der Waals surface area contributed by atoms with Crippen LogP contribution in [0.4, 0.5) is 4.39 Å². The molecule has 1 aromatic heterocycles. The van der Waals surface area contributed by atoms with Crippen molar-refractivity contribution < 1.29 is 18.7 Å². The first kappa shape index (κ1) is 14.4. The van der Waals surface area contributed by atoms with Crippen molar-refractivity contribution >= 4 is 11.8 Å². The van der Waals surface area contributed by atoms with E-state index in [-0.39, 0.29) is 24.1 Å². The summed E-state index contributed by atoms with van der Waals surface area (Å²) in [5.41, 5.74) is 0.157. The second kappa shape index (κ2) is 6.42. The molecule has 2 rings (SSSR count). The van der Waals surface area contributed by atoms with E-state index in [9.17, 15) is 14.0 Å². The molecule has 1 fully saturated rings. The molecule has 0 radical (unpaired) electrons. The molecule has 1 aromatic rings. The lowest BCUT2D eigenvalue weighted by Gasteiger charge is -2.32. The van der Waals surface area contributed by atoms with Crippen LogP contribution in [0.2, 0.25) is 0 Å². The van der Waals surface area contributed by atoms with Gasteiger partial charge in [-0.3, -0.25) is 14.6 Å². The van der Waals surface area contributed by atoms with Crippen molar-refractivity contribution in [3.8, 4) is 0 Å². The Kier molecular flexibility index (Phi) is 4.62. The normalized spacial score (nSPS) is 18.7. The van der Waals surface area contributed by atoms with Gasteiger partial charge >= 0.3 is 0 Å². The molecule has 0 saturated carbocycles. The molecule has 7 heteroatoms. The zero-order valence-electron chi connectivity index (χ0n) is 11.1. The van der Waals surface area contributed by atoms with Gasteiger partial charge in [0.15, 0.2) is 0 Å². The summed E-state index contributed by atoms with van der Waals surface area (Å²) in [7, 11) is 0. The van der Waals surface area contributed by atoms with E-state index in [1.807, 2.05) is 0 Å². The van der Waals surface area contributed by atoms with Crippen LogP contribution in [0.3, 0.4) is 0 Å². The van der Waals surface area contributed by atoms with Gasteiger partial charge in [-0.2, -0.15) is 0 Å². The van der Waals surface area contributed by atoms with Crippen molar-refractivity contribution in [3.63, 3.8) is 0 Å². The number of morpholine rings is 1. The first-order valence-corrected chi connectivity index (χ1v) is 6.32. The predicted octanol–water partition coefficient (Wildman–Crippen LogP) is 0.198. The summed E-state index contributed by atoms with van der Waals surface area (Å²) in [6, 6.07) is 1.12. The van der Waals surface area contributed by atoms with E-state index < -0.39 is 11.7 Å². The van der Waals surface area contributed by atoms with E-state index in [4.69, 9.17) is 4.74 Å². The summed E-state index contributed by atoms with van der Waals surface area (Å²) < 4.78 is 18.4. The number of carbonyl (C=O) groups is 2. The summed E-state index contributed by atoms with van der Waals surface area (Å²) in [4.78, 5) is 28.4. The Labute approximate surface area is 115 Å². The largest absolute Gasteiger partial charge is 0.373 e. The molecule has 2 amide bonds. The van der Waals surface area contributed by atoms with E-state index >= 15 is 0 Å². The van der Waals surface area contributed by atoms with Gasteiger partial charge in [0.1, 0.15) is 5.82 Å². The lowest BCUT2D eigenvalue weighted by atomic mass is 10.2. The number of carbonyl (C=O) groups excluding carboxylic acids is 2. The van der Waals surface area contributed by atoms with Gasteiger partial charge in [0.25, 0.3) is 5.91 Å². The lowest BCUT2D eigenvalue weighted by Crippen LogP contribution is -2.49. The quantitative estimate of drug-likeness (QED) is 0.859. The van der Waals surface area contributed by atoms with Crippen molar-refractivity contribution in [1.29, 1.82) is 0 Å². The molecule has 20 heavy (non-hydrogen) atoms. The van der Waals surface area contributed by atoms with Crippen molar-refractivity contribution in [2.24, 2.45) is 0 Å². The van der Waals surface area contributed by atoms with Crippen LogP contribution >= 0.6 is 0 Å². The molecule has 1 saturated heterocycles. The Hall–Kier alpha value is -2.02. The van der Waals surface area contributed by atoms with Crippen LogP contribution in [0.15, 0.2) is 18.5 Å². The van der Waals surface area contributed by atoms with Crippen LogP contribution in [0.1, 0.15) is 17.3 Å². The summed E-state index contributed by atoms with van der Waals surface area (Å²) in [6.07, 6.45) is 2.08. The van der Waals surface area contributed by atoms with Crippen LogP contribution in [0.25, 0.3) is 0 Å². The van der Waals surface area contributed by atoms with Gasteiger partial charge in [-0.1, -0.05) is 0 Å². The highest BCUT2D eigenvalue weighted by molar-refractivity contribution is 5.93. The molecular formula is C13H16FN3O3. The molecule has 6 nitrogen and oxygen atoms in total. The van der Waals surface area contributed by atoms with Gasteiger partial charge < -0.3 is 15.0 Å². The van der Waals surface area contributed by atoms with Crippen LogP contribution < -0.4 is 5.32 Å². The smallest absolute Gasteiger partial charge is 0.253 e. The highest BCUT2D eigenvalue weighted by atomic mass is 19.1. The molecule has 1 aliphatic heterocycles. The molecule has 108 valence electrons. The first-order chi connectivity index (χ1) is 9.56. The number of hydrogen-bond donors (Lipinski definition) is 1. The summed E-state index contributed by atoms with van der Waals surface area (Å²) >= 11 is 0. The number of aromatic nitrogens is 1. The standard InChI is InChI=1S/C13H16FN3O3/c1-9(18)17-2-3-20-12(8-17)7-16-13(19)10-4-11(14)6-15-5-10/h4-6,12H,2-3,7-8H2,1H3,(H,16,19)/t12-/m0/s1. The van der Waals surface area contributed by atoms with Gasteiger partial charge in [-0.05, 0) is 6.07 Å². The Morgan fingerprint density at radius 1 is 1.55 bits per heavy atom. The van der Waals surface area contributed by atoms with Crippen LogP contribution in [-0.4, -0.2) is 54.0 Å². The van der Waals surface area contributed by atoms with Gasteiger partial charge in [-0.15, -0.1) is 0 Å². The zero-order chi connectivity index (χ0) is 14.5. The molecule has 0 bridgehead atoms. The maximum Gasteiger partial charge on any atom is 0.253 e. The maximum absolute atomic E-state index is 13.0. The fourth-order valence-electron chi connectivity index (χ4n) is 1.97. The highest BCUT2D eigenvalue weighted by Gasteiger charge is 2.22. The summed E-state index contributed by atoms with van der Waals surface area (Å²) in [6.45, 7) is 3.21. The van der Waals surface area contributed by atoms with E-state index in [0.29, 0.717) is 19.7 Å². The SMILES string of the molecule is CC(=O)N1CCO[C@@H](CNC(=O)c2cncc(F)c2)C1. The minimum absolute atomic E-state index is 0.0149. The monoisotopic (exact) mass is 281 g/mol. The van der Waals surface area contributed by atoms with Gasteiger partial charge in [-0.25, -0.2) is 4.39 Å². The van der Waals surface area contributed by atoms with E-state index in [1.165, 1.54) is 13.1 Å². The van der Waals surface area contributed by atoms with Gasteiger partial charge in [0.05, 0.1) is 24.5 Å². The number of nitrogens with one attached hydrogen (secondary N) is 1.